The minimum atomic E-state index is 0. The topological polar surface area (TPSA) is 55.3 Å². The SMILES string of the molecule is CCNC(=NCC1(C)COC1)N1CCC(c2cc(OC)cc(OC)c2)C1.I. The summed E-state index contributed by atoms with van der Waals surface area (Å²) in [5.74, 6) is 3.15. The molecule has 0 saturated carbocycles. The number of hydrogen-bond acceptors (Lipinski definition) is 4. The van der Waals surface area contributed by atoms with Crippen molar-refractivity contribution in [3.8, 4) is 11.5 Å². The Morgan fingerprint density at radius 1 is 1.26 bits per heavy atom. The molecule has 1 aromatic rings. The van der Waals surface area contributed by atoms with Crippen LogP contribution < -0.4 is 14.8 Å². The van der Waals surface area contributed by atoms with Gasteiger partial charge in [-0.05, 0) is 31.0 Å². The van der Waals surface area contributed by atoms with E-state index in [1.165, 1.54) is 5.56 Å². The number of nitrogens with zero attached hydrogens (tertiary/aromatic N) is 2. The molecule has 1 aromatic carbocycles. The van der Waals surface area contributed by atoms with Crippen molar-refractivity contribution in [3.63, 3.8) is 0 Å². The molecule has 2 fully saturated rings. The summed E-state index contributed by atoms with van der Waals surface area (Å²) in [6, 6.07) is 6.16. The van der Waals surface area contributed by atoms with Crippen molar-refractivity contribution < 1.29 is 14.2 Å². The van der Waals surface area contributed by atoms with Crippen LogP contribution in [0.15, 0.2) is 23.2 Å². The van der Waals surface area contributed by atoms with E-state index in [0.717, 1.165) is 63.3 Å². The van der Waals surface area contributed by atoms with E-state index in [-0.39, 0.29) is 29.4 Å². The molecule has 0 bridgehead atoms. The van der Waals surface area contributed by atoms with Crippen molar-refractivity contribution in [2.75, 3.05) is 53.6 Å². The minimum absolute atomic E-state index is 0. The Labute approximate surface area is 179 Å². The quantitative estimate of drug-likeness (QED) is 0.378. The smallest absolute Gasteiger partial charge is 0.193 e. The third kappa shape index (κ3) is 5.40. The van der Waals surface area contributed by atoms with Gasteiger partial charge in [0.15, 0.2) is 5.96 Å². The van der Waals surface area contributed by atoms with Crippen LogP contribution in [0.4, 0.5) is 0 Å². The predicted octanol–water partition coefficient (Wildman–Crippen LogP) is 3.11. The lowest BCUT2D eigenvalue weighted by Gasteiger charge is -2.37. The summed E-state index contributed by atoms with van der Waals surface area (Å²) >= 11 is 0. The fourth-order valence-corrected chi connectivity index (χ4v) is 3.52. The number of halogens is 1. The molecule has 6 nitrogen and oxygen atoms in total. The van der Waals surface area contributed by atoms with Crippen molar-refractivity contribution in [1.82, 2.24) is 10.2 Å². The number of ether oxygens (including phenoxy) is 3. The second-order valence-corrected chi connectivity index (χ2v) is 7.55. The molecule has 1 N–H and O–H groups in total. The maximum Gasteiger partial charge on any atom is 0.193 e. The lowest BCUT2D eigenvalue weighted by Crippen LogP contribution is -2.45. The van der Waals surface area contributed by atoms with Gasteiger partial charge in [-0.2, -0.15) is 0 Å². The van der Waals surface area contributed by atoms with Crippen LogP contribution in [0, 0.1) is 5.41 Å². The van der Waals surface area contributed by atoms with E-state index in [2.05, 4.69) is 36.2 Å². The first-order chi connectivity index (χ1) is 12.6. The first-order valence-corrected chi connectivity index (χ1v) is 9.41. The minimum Gasteiger partial charge on any atom is -0.497 e. The van der Waals surface area contributed by atoms with E-state index in [0.29, 0.717) is 5.92 Å². The van der Waals surface area contributed by atoms with Crippen LogP contribution in [0.1, 0.15) is 31.7 Å². The van der Waals surface area contributed by atoms with Gasteiger partial charge in [-0.25, -0.2) is 0 Å². The van der Waals surface area contributed by atoms with E-state index in [1.807, 2.05) is 6.07 Å². The Morgan fingerprint density at radius 3 is 2.44 bits per heavy atom. The lowest BCUT2D eigenvalue weighted by molar-refractivity contribution is -0.0945. The zero-order chi connectivity index (χ0) is 18.6. The van der Waals surface area contributed by atoms with Crippen LogP contribution in [0.5, 0.6) is 11.5 Å². The van der Waals surface area contributed by atoms with E-state index >= 15 is 0 Å². The molecule has 27 heavy (non-hydrogen) atoms. The second-order valence-electron chi connectivity index (χ2n) is 7.55. The average molecular weight is 489 g/mol. The number of guanidine groups is 1. The maximum absolute atomic E-state index is 5.42. The van der Waals surface area contributed by atoms with Gasteiger partial charge in [-0.15, -0.1) is 24.0 Å². The van der Waals surface area contributed by atoms with Crippen molar-refractivity contribution >= 4 is 29.9 Å². The van der Waals surface area contributed by atoms with Gasteiger partial charge in [0.05, 0.1) is 34.0 Å². The molecule has 2 aliphatic rings. The Balaban J connectivity index is 0.00000261. The molecule has 2 heterocycles. The third-order valence-corrected chi connectivity index (χ3v) is 5.18. The fourth-order valence-electron chi connectivity index (χ4n) is 3.52. The number of likely N-dealkylation sites (tertiary alicyclic amines) is 1. The summed E-state index contributed by atoms with van der Waals surface area (Å²) in [6.07, 6.45) is 1.10. The third-order valence-electron chi connectivity index (χ3n) is 5.18. The van der Waals surface area contributed by atoms with Gasteiger partial charge in [0.2, 0.25) is 0 Å². The first kappa shape index (κ1) is 22.1. The fraction of sp³-hybridized carbons (Fsp3) is 0.650. The molecule has 0 aliphatic carbocycles. The summed E-state index contributed by atoms with van der Waals surface area (Å²) in [4.78, 5) is 7.25. The van der Waals surface area contributed by atoms with E-state index < -0.39 is 0 Å². The Morgan fingerprint density at radius 2 is 1.93 bits per heavy atom. The number of rotatable bonds is 6. The van der Waals surface area contributed by atoms with Crippen LogP contribution in [0.3, 0.4) is 0 Å². The Bertz CT molecular complexity index is 627. The van der Waals surface area contributed by atoms with Crippen LogP contribution in [0.25, 0.3) is 0 Å². The number of aliphatic imine (C=N–C) groups is 1. The molecule has 0 radical (unpaired) electrons. The highest BCUT2D eigenvalue weighted by molar-refractivity contribution is 14.0. The molecule has 2 aliphatic heterocycles. The number of methoxy groups -OCH3 is 2. The van der Waals surface area contributed by atoms with Gasteiger partial charge in [-0.3, -0.25) is 4.99 Å². The molecule has 0 aromatic heterocycles. The zero-order valence-corrected chi connectivity index (χ0v) is 19.1. The summed E-state index contributed by atoms with van der Waals surface area (Å²) in [5, 5.41) is 3.45. The summed E-state index contributed by atoms with van der Waals surface area (Å²) in [6.45, 7) is 9.61. The van der Waals surface area contributed by atoms with Crippen molar-refractivity contribution in [2.24, 2.45) is 10.4 Å². The molecule has 2 saturated heterocycles. The molecule has 0 amide bonds. The summed E-state index contributed by atoms with van der Waals surface area (Å²) in [7, 11) is 3.39. The molecule has 0 spiro atoms. The highest BCUT2D eigenvalue weighted by Gasteiger charge is 2.34. The predicted molar refractivity (Wildman–Crippen MR) is 119 cm³/mol. The molecule has 1 unspecified atom stereocenters. The van der Waals surface area contributed by atoms with Crippen molar-refractivity contribution in [1.29, 1.82) is 0 Å². The molecule has 152 valence electrons. The molecule has 1 atom stereocenters. The normalized spacial score (nSPS) is 21.3. The van der Waals surface area contributed by atoms with Gasteiger partial charge in [0.25, 0.3) is 0 Å². The lowest BCUT2D eigenvalue weighted by atomic mass is 9.89. The number of benzene rings is 1. The molecular weight excluding hydrogens is 457 g/mol. The number of hydrogen-bond donors (Lipinski definition) is 1. The van der Waals surface area contributed by atoms with Crippen molar-refractivity contribution in [2.45, 2.75) is 26.2 Å². The first-order valence-electron chi connectivity index (χ1n) is 9.41. The highest BCUT2D eigenvalue weighted by Crippen LogP contribution is 2.33. The second kappa shape index (κ2) is 9.82. The van der Waals surface area contributed by atoms with Gasteiger partial charge in [0.1, 0.15) is 11.5 Å². The van der Waals surface area contributed by atoms with Crippen LogP contribution in [-0.2, 0) is 4.74 Å². The molecule has 3 rings (SSSR count). The van der Waals surface area contributed by atoms with Crippen molar-refractivity contribution in [3.05, 3.63) is 23.8 Å². The molecule has 7 heteroatoms. The highest BCUT2D eigenvalue weighted by atomic mass is 127. The van der Waals surface area contributed by atoms with Crippen LogP contribution in [0.2, 0.25) is 0 Å². The van der Waals surface area contributed by atoms with E-state index in [4.69, 9.17) is 19.2 Å². The van der Waals surface area contributed by atoms with Gasteiger partial charge < -0.3 is 24.4 Å². The summed E-state index contributed by atoms with van der Waals surface area (Å²) in [5.41, 5.74) is 1.46. The number of nitrogens with one attached hydrogen (secondary N) is 1. The van der Waals surface area contributed by atoms with Gasteiger partial charge in [0, 0.05) is 37.0 Å². The maximum atomic E-state index is 5.42. The van der Waals surface area contributed by atoms with Crippen LogP contribution >= 0.6 is 24.0 Å². The van der Waals surface area contributed by atoms with E-state index in [9.17, 15) is 0 Å². The van der Waals surface area contributed by atoms with Crippen LogP contribution in [-0.4, -0.2) is 64.5 Å². The van der Waals surface area contributed by atoms with E-state index in [1.54, 1.807) is 14.2 Å². The Kier molecular flexibility index (Phi) is 8.03. The summed E-state index contributed by atoms with van der Waals surface area (Å²) < 4.78 is 16.2. The standard InChI is InChI=1S/C20H31N3O3.HI/c1-5-21-19(22-12-20(2)13-26-14-20)23-7-6-15(11-23)16-8-17(24-3)10-18(9-16)25-4;/h8-10,15H,5-7,11-14H2,1-4H3,(H,21,22);1H. The zero-order valence-electron chi connectivity index (χ0n) is 16.8. The van der Waals surface area contributed by atoms with Gasteiger partial charge >= 0.3 is 0 Å². The van der Waals surface area contributed by atoms with Gasteiger partial charge in [-0.1, -0.05) is 6.92 Å². The largest absolute Gasteiger partial charge is 0.497 e. The monoisotopic (exact) mass is 489 g/mol. The Hall–Kier alpha value is -1.22. The molecular formula is C20H32IN3O3. The average Bonchev–Trinajstić information content (AvgIpc) is 3.13.